The molecule has 4 heteroatoms. The molecule has 0 spiro atoms. The summed E-state index contributed by atoms with van der Waals surface area (Å²) in [4.78, 5) is 14.1. The van der Waals surface area contributed by atoms with Crippen molar-refractivity contribution in [2.75, 3.05) is 7.05 Å². The van der Waals surface area contributed by atoms with Gasteiger partial charge in [-0.3, -0.25) is 4.79 Å². The minimum absolute atomic E-state index is 0.107. The number of carbonyl (C=O) groups is 1. The molecule has 0 bridgehead atoms. The Balaban J connectivity index is 1.83. The fourth-order valence-corrected chi connectivity index (χ4v) is 2.96. The highest BCUT2D eigenvalue weighted by molar-refractivity contribution is 5.96. The molecular formula is C16H19NO3. The smallest absolute Gasteiger partial charge is 0.289 e. The zero-order chi connectivity index (χ0) is 14.1. The number of hydrogen-bond donors (Lipinski definition) is 1. The molecule has 1 saturated carbocycles. The first-order valence-corrected chi connectivity index (χ1v) is 7.10. The van der Waals surface area contributed by atoms with E-state index in [0.717, 1.165) is 31.1 Å². The van der Waals surface area contributed by atoms with Crippen LogP contribution in [-0.2, 0) is 0 Å². The highest BCUT2D eigenvalue weighted by Gasteiger charge is 2.31. The monoisotopic (exact) mass is 273 g/mol. The number of rotatable bonds is 2. The third-order valence-corrected chi connectivity index (χ3v) is 4.15. The molecule has 1 amide bonds. The Hall–Kier alpha value is -1.81. The largest absolute Gasteiger partial charge is 0.451 e. The number of carbonyl (C=O) groups excluding carboxylic acids is 1. The third kappa shape index (κ3) is 2.31. The lowest BCUT2D eigenvalue weighted by Crippen LogP contribution is -2.46. The van der Waals surface area contributed by atoms with Gasteiger partial charge in [-0.1, -0.05) is 31.0 Å². The minimum Gasteiger partial charge on any atom is -0.451 e. The van der Waals surface area contributed by atoms with E-state index >= 15 is 0 Å². The number of likely N-dealkylation sites (N-methyl/N-ethyl adjacent to an activating group) is 1. The van der Waals surface area contributed by atoms with Gasteiger partial charge >= 0.3 is 0 Å². The number of aliphatic hydroxyl groups excluding tert-OH is 1. The van der Waals surface area contributed by atoms with Crippen LogP contribution in [0.25, 0.3) is 11.0 Å². The summed E-state index contributed by atoms with van der Waals surface area (Å²) in [6.45, 7) is 0. The molecule has 2 aromatic rings. The van der Waals surface area contributed by atoms with Crippen molar-refractivity contribution in [3.05, 3.63) is 36.1 Å². The van der Waals surface area contributed by atoms with Gasteiger partial charge in [0.05, 0.1) is 12.1 Å². The van der Waals surface area contributed by atoms with Crippen molar-refractivity contribution in [1.82, 2.24) is 4.90 Å². The van der Waals surface area contributed by atoms with E-state index in [1.807, 2.05) is 24.3 Å². The van der Waals surface area contributed by atoms with Crippen molar-refractivity contribution in [3.8, 4) is 0 Å². The van der Waals surface area contributed by atoms with Gasteiger partial charge in [0.1, 0.15) is 5.58 Å². The van der Waals surface area contributed by atoms with Crippen LogP contribution in [0.5, 0.6) is 0 Å². The molecule has 2 atom stereocenters. The molecule has 2 unspecified atom stereocenters. The summed E-state index contributed by atoms with van der Waals surface area (Å²) in [6, 6.07) is 9.23. The first-order chi connectivity index (χ1) is 9.66. The van der Waals surface area contributed by atoms with E-state index < -0.39 is 6.10 Å². The molecule has 1 aliphatic rings. The van der Waals surface area contributed by atoms with Crippen molar-refractivity contribution < 1.29 is 14.3 Å². The van der Waals surface area contributed by atoms with Crippen LogP contribution in [0.4, 0.5) is 0 Å². The summed E-state index contributed by atoms with van der Waals surface area (Å²) in [6.07, 6.45) is 3.28. The van der Waals surface area contributed by atoms with Crippen molar-refractivity contribution in [3.63, 3.8) is 0 Å². The van der Waals surface area contributed by atoms with Gasteiger partial charge in [-0.05, 0) is 25.0 Å². The Morgan fingerprint density at radius 3 is 2.80 bits per heavy atom. The van der Waals surface area contributed by atoms with Crippen LogP contribution in [0.3, 0.4) is 0 Å². The average Bonchev–Trinajstić information content (AvgIpc) is 2.90. The standard InChI is InChI=1S/C16H19NO3/c1-17(12-7-3-4-8-13(12)18)16(19)15-10-11-6-2-5-9-14(11)20-15/h2,5-6,9-10,12-13,18H,3-4,7-8H2,1H3. The zero-order valence-corrected chi connectivity index (χ0v) is 11.6. The van der Waals surface area contributed by atoms with E-state index in [9.17, 15) is 9.90 Å². The predicted molar refractivity (Wildman–Crippen MR) is 76.6 cm³/mol. The molecule has 0 saturated heterocycles. The summed E-state index contributed by atoms with van der Waals surface area (Å²) in [5.74, 6) is 0.179. The highest BCUT2D eigenvalue weighted by atomic mass is 16.3. The number of hydrogen-bond acceptors (Lipinski definition) is 3. The molecule has 1 aromatic heterocycles. The second kappa shape index (κ2) is 5.29. The Morgan fingerprint density at radius 2 is 2.05 bits per heavy atom. The second-order valence-electron chi connectivity index (χ2n) is 5.48. The average molecular weight is 273 g/mol. The third-order valence-electron chi connectivity index (χ3n) is 4.15. The van der Waals surface area contributed by atoms with E-state index in [0.29, 0.717) is 11.3 Å². The summed E-state index contributed by atoms with van der Waals surface area (Å²) in [5, 5.41) is 11.0. The lowest BCUT2D eigenvalue weighted by molar-refractivity contribution is 0.0251. The number of nitrogens with zero attached hydrogens (tertiary/aromatic N) is 1. The van der Waals surface area contributed by atoms with Crippen molar-refractivity contribution >= 4 is 16.9 Å². The van der Waals surface area contributed by atoms with Crippen LogP contribution < -0.4 is 0 Å². The van der Waals surface area contributed by atoms with Gasteiger partial charge in [0.2, 0.25) is 0 Å². The number of furan rings is 1. The molecule has 3 rings (SSSR count). The summed E-state index contributed by atoms with van der Waals surface area (Å²) < 4.78 is 5.60. The number of para-hydroxylation sites is 1. The van der Waals surface area contributed by atoms with Gasteiger partial charge in [-0.2, -0.15) is 0 Å². The maximum Gasteiger partial charge on any atom is 0.289 e. The molecule has 106 valence electrons. The van der Waals surface area contributed by atoms with Crippen LogP contribution in [0.2, 0.25) is 0 Å². The van der Waals surface area contributed by atoms with Gasteiger partial charge in [-0.15, -0.1) is 0 Å². The molecule has 20 heavy (non-hydrogen) atoms. The lowest BCUT2D eigenvalue weighted by atomic mass is 9.91. The fraction of sp³-hybridized carbons (Fsp3) is 0.438. The Labute approximate surface area is 118 Å². The maximum atomic E-state index is 12.5. The molecule has 1 N–H and O–H groups in total. The SMILES string of the molecule is CN(C(=O)c1cc2ccccc2o1)C1CCCCC1O. The van der Waals surface area contributed by atoms with E-state index in [2.05, 4.69) is 0 Å². The van der Waals surface area contributed by atoms with Crippen molar-refractivity contribution in [2.24, 2.45) is 0 Å². The van der Waals surface area contributed by atoms with Gasteiger partial charge in [0, 0.05) is 12.4 Å². The molecule has 0 aliphatic heterocycles. The van der Waals surface area contributed by atoms with E-state index in [1.54, 1.807) is 18.0 Å². The summed E-state index contributed by atoms with van der Waals surface area (Å²) >= 11 is 0. The first kappa shape index (κ1) is 13.2. The van der Waals surface area contributed by atoms with Crippen molar-refractivity contribution in [1.29, 1.82) is 0 Å². The Bertz CT molecular complexity index is 586. The molecular weight excluding hydrogens is 254 g/mol. The highest BCUT2D eigenvalue weighted by Crippen LogP contribution is 2.25. The van der Waals surface area contributed by atoms with Gasteiger partial charge in [0.15, 0.2) is 5.76 Å². The Morgan fingerprint density at radius 1 is 1.30 bits per heavy atom. The van der Waals surface area contributed by atoms with Crippen LogP contribution in [0, 0.1) is 0 Å². The van der Waals surface area contributed by atoms with Crippen LogP contribution in [0.1, 0.15) is 36.2 Å². The predicted octanol–water partition coefficient (Wildman–Crippen LogP) is 2.81. The lowest BCUT2D eigenvalue weighted by Gasteiger charge is -2.34. The quantitative estimate of drug-likeness (QED) is 0.915. The second-order valence-corrected chi connectivity index (χ2v) is 5.48. The Kier molecular flexibility index (Phi) is 3.49. The summed E-state index contributed by atoms with van der Waals surface area (Å²) in [7, 11) is 1.74. The van der Waals surface area contributed by atoms with Crippen LogP contribution in [0.15, 0.2) is 34.7 Å². The molecule has 1 aliphatic carbocycles. The topological polar surface area (TPSA) is 53.7 Å². The van der Waals surface area contributed by atoms with Gasteiger partial charge in [0.25, 0.3) is 5.91 Å². The van der Waals surface area contributed by atoms with E-state index in [4.69, 9.17) is 4.42 Å². The molecule has 1 aromatic carbocycles. The number of fused-ring (bicyclic) bond motifs is 1. The summed E-state index contributed by atoms with van der Waals surface area (Å²) in [5.41, 5.74) is 0.716. The zero-order valence-electron chi connectivity index (χ0n) is 11.6. The molecule has 4 nitrogen and oxygen atoms in total. The molecule has 1 fully saturated rings. The maximum absolute atomic E-state index is 12.5. The van der Waals surface area contributed by atoms with Crippen LogP contribution in [-0.4, -0.2) is 35.1 Å². The van der Waals surface area contributed by atoms with E-state index in [1.165, 1.54) is 0 Å². The number of benzene rings is 1. The van der Waals surface area contributed by atoms with Gasteiger partial charge in [-0.25, -0.2) is 0 Å². The first-order valence-electron chi connectivity index (χ1n) is 7.10. The fourth-order valence-electron chi connectivity index (χ4n) is 2.96. The van der Waals surface area contributed by atoms with Crippen LogP contribution >= 0.6 is 0 Å². The van der Waals surface area contributed by atoms with E-state index in [-0.39, 0.29) is 11.9 Å². The van der Waals surface area contributed by atoms with Gasteiger partial charge < -0.3 is 14.4 Å². The minimum atomic E-state index is -0.429. The number of amides is 1. The molecule has 0 radical (unpaired) electrons. The van der Waals surface area contributed by atoms with Crippen molar-refractivity contribution in [2.45, 2.75) is 37.8 Å². The normalized spacial score (nSPS) is 22.9. The molecule has 1 heterocycles. The number of aliphatic hydroxyl groups is 1.